The molecule has 0 saturated heterocycles. The molecule has 0 atom stereocenters. The normalized spacial score (nSPS) is 10.8. The van der Waals surface area contributed by atoms with E-state index >= 15 is 0 Å². The summed E-state index contributed by atoms with van der Waals surface area (Å²) in [5.41, 5.74) is 0.320. The van der Waals surface area contributed by atoms with E-state index in [1.807, 2.05) is 24.3 Å². The molecule has 0 aliphatic carbocycles. The Labute approximate surface area is 162 Å². The summed E-state index contributed by atoms with van der Waals surface area (Å²) in [5.74, 6) is -0.384. The van der Waals surface area contributed by atoms with Gasteiger partial charge in [-0.3, -0.25) is 9.59 Å². The largest absolute Gasteiger partial charge is 0.444 e. The number of carbonyl (C=O) groups excluding carboxylic acids is 3. The predicted octanol–water partition coefficient (Wildman–Crippen LogP) is 2.14. The molecule has 0 radical (unpaired) electrons. The molecule has 0 heterocycles. The van der Waals surface area contributed by atoms with Crippen molar-refractivity contribution in [2.45, 2.75) is 39.2 Å². The number of amides is 3. The monoisotopic (exact) mass is 427 g/mol. The van der Waals surface area contributed by atoms with Gasteiger partial charge in [-0.05, 0) is 38.8 Å². The molecular weight excluding hydrogens is 402 g/mol. The maximum atomic E-state index is 11.9. The highest BCUT2D eigenvalue weighted by Crippen LogP contribution is 2.16. The Morgan fingerprint density at radius 3 is 2.23 bits per heavy atom. The highest BCUT2D eigenvalue weighted by Gasteiger charge is 2.16. The Balaban J connectivity index is 2.11. The molecule has 1 aromatic carbocycles. The summed E-state index contributed by atoms with van der Waals surface area (Å²) in [6.07, 6.45) is 0.264. The number of carbonyl (C=O) groups is 3. The van der Waals surface area contributed by atoms with E-state index in [0.29, 0.717) is 25.9 Å². The van der Waals surface area contributed by atoms with Crippen molar-refractivity contribution >= 4 is 33.8 Å². The van der Waals surface area contributed by atoms with Crippen molar-refractivity contribution in [2.75, 3.05) is 19.6 Å². The fraction of sp³-hybridized carbons (Fsp3) is 0.500. The highest BCUT2D eigenvalue weighted by molar-refractivity contribution is 9.10. The van der Waals surface area contributed by atoms with Gasteiger partial charge in [-0.15, -0.1) is 0 Å². The minimum atomic E-state index is -0.632. The molecule has 144 valence electrons. The van der Waals surface area contributed by atoms with Gasteiger partial charge < -0.3 is 20.7 Å². The molecule has 3 amide bonds. The lowest BCUT2D eigenvalue weighted by molar-refractivity contribution is -0.120. The smallest absolute Gasteiger partial charge is 0.408 e. The molecule has 0 aromatic heterocycles. The molecule has 1 aromatic rings. The van der Waals surface area contributed by atoms with Crippen LogP contribution in [-0.2, 0) is 20.7 Å². The summed E-state index contributed by atoms with van der Waals surface area (Å²) >= 11 is 3.41. The van der Waals surface area contributed by atoms with Crippen LogP contribution < -0.4 is 16.0 Å². The van der Waals surface area contributed by atoms with E-state index in [2.05, 4.69) is 31.9 Å². The molecule has 7 nitrogen and oxygen atoms in total. The second kappa shape index (κ2) is 10.8. The van der Waals surface area contributed by atoms with Gasteiger partial charge in [-0.1, -0.05) is 34.1 Å². The number of nitrogens with one attached hydrogen (secondary N) is 3. The van der Waals surface area contributed by atoms with E-state index in [1.54, 1.807) is 20.8 Å². The predicted molar refractivity (Wildman–Crippen MR) is 103 cm³/mol. The van der Waals surface area contributed by atoms with Crippen molar-refractivity contribution in [3.05, 3.63) is 34.3 Å². The number of alkyl carbamates (subject to hydrolysis) is 1. The van der Waals surface area contributed by atoms with Crippen molar-refractivity contribution in [1.82, 2.24) is 16.0 Å². The van der Waals surface area contributed by atoms with Crippen LogP contribution in [0.1, 0.15) is 32.8 Å². The van der Waals surface area contributed by atoms with Crippen molar-refractivity contribution in [2.24, 2.45) is 0 Å². The van der Waals surface area contributed by atoms with Gasteiger partial charge in [0.25, 0.3) is 0 Å². The van der Waals surface area contributed by atoms with Crippen LogP contribution in [0.5, 0.6) is 0 Å². The Morgan fingerprint density at radius 1 is 1.00 bits per heavy atom. The van der Waals surface area contributed by atoms with Crippen LogP contribution in [0.2, 0.25) is 0 Å². The maximum absolute atomic E-state index is 11.9. The first-order valence-electron chi connectivity index (χ1n) is 8.41. The lowest BCUT2D eigenvalue weighted by atomic mass is 10.1. The topological polar surface area (TPSA) is 96.5 Å². The zero-order valence-electron chi connectivity index (χ0n) is 15.4. The van der Waals surface area contributed by atoms with E-state index in [-0.39, 0.29) is 18.4 Å². The third-order valence-corrected chi connectivity index (χ3v) is 3.87. The third-order valence-electron chi connectivity index (χ3n) is 3.10. The molecule has 1 rings (SSSR count). The van der Waals surface area contributed by atoms with Crippen LogP contribution in [0.4, 0.5) is 4.79 Å². The van der Waals surface area contributed by atoms with Crippen LogP contribution in [0, 0.1) is 0 Å². The lowest BCUT2D eigenvalue weighted by Crippen LogP contribution is -2.40. The van der Waals surface area contributed by atoms with E-state index in [9.17, 15) is 14.4 Å². The molecule has 0 saturated carbocycles. The van der Waals surface area contributed by atoms with Crippen LogP contribution in [0.15, 0.2) is 28.7 Å². The fourth-order valence-electron chi connectivity index (χ4n) is 1.95. The quantitative estimate of drug-likeness (QED) is 0.553. The van der Waals surface area contributed by atoms with Gasteiger partial charge in [0, 0.05) is 17.6 Å². The number of ether oxygens (including phenoxy) is 1. The van der Waals surface area contributed by atoms with Crippen LogP contribution in [0.25, 0.3) is 0 Å². The van der Waals surface area contributed by atoms with Crippen molar-refractivity contribution in [1.29, 1.82) is 0 Å². The Hall–Kier alpha value is -2.09. The number of benzene rings is 1. The van der Waals surface area contributed by atoms with E-state index in [1.165, 1.54) is 0 Å². The molecule has 8 heteroatoms. The molecule has 0 bridgehead atoms. The van der Waals surface area contributed by atoms with Gasteiger partial charge in [0.05, 0.1) is 13.0 Å². The summed E-state index contributed by atoms with van der Waals surface area (Å²) in [6, 6.07) is 7.56. The highest BCUT2D eigenvalue weighted by atomic mass is 79.9. The summed E-state index contributed by atoms with van der Waals surface area (Å²) in [4.78, 5) is 34.9. The minimum absolute atomic E-state index is 0.0742. The summed E-state index contributed by atoms with van der Waals surface area (Å²) in [6.45, 7) is 5.96. The third kappa shape index (κ3) is 10.0. The Kier molecular flexibility index (Phi) is 9.12. The first kappa shape index (κ1) is 22.0. The van der Waals surface area contributed by atoms with E-state index in [0.717, 1.165) is 10.0 Å². The van der Waals surface area contributed by atoms with Crippen LogP contribution >= 0.6 is 15.9 Å². The average Bonchev–Trinajstić information content (AvgIpc) is 2.53. The van der Waals surface area contributed by atoms with Crippen molar-refractivity contribution in [3.63, 3.8) is 0 Å². The zero-order chi connectivity index (χ0) is 19.6. The van der Waals surface area contributed by atoms with E-state index < -0.39 is 11.7 Å². The number of rotatable bonds is 8. The lowest BCUT2D eigenvalue weighted by Gasteiger charge is -2.19. The summed E-state index contributed by atoms with van der Waals surface area (Å²) in [5, 5.41) is 7.86. The van der Waals surface area contributed by atoms with Gasteiger partial charge in [0.1, 0.15) is 5.60 Å². The number of hydrogen-bond donors (Lipinski definition) is 3. The molecule has 0 spiro atoms. The molecule has 3 N–H and O–H groups in total. The SMILES string of the molecule is CC(C)(C)OC(=O)NCC(=O)NCCCNC(=O)Cc1ccccc1Br. The van der Waals surface area contributed by atoms with Gasteiger partial charge in [0.15, 0.2) is 0 Å². The minimum Gasteiger partial charge on any atom is -0.444 e. The average molecular weight is 428 g/mol. The van der Waals surface area contributed by atoms with Crippen LogP contribution in [-0.4, -0.2) is 43.1 Å². The second-order valence-corrected chi connectivity index (χ2v) is 7.53. The second-order valence-electron chi connectivity index (χ2n) is 6.68. The van der Waals surface area contributed by atoms with Crippen molar-refractivity contribution < 1.29 is 19.1 Å². The summed E-state index contributed by atoms with van der Waals surface area (Å²) < 4.78 is 5.94. The molecule has 26 heavy (non-hydrogen) atoms. The van der Waals surface area contributed by atoms with Gasteiger partial charge >= 0.3 is 6.09 Å². The molecule has 0 aliphatic rings. The molecule has 0 aliphatic heterocycles. The standard InChI is InChI=1S/C18H26BrN3O4/c1-18(2,3)26-17(25)22-12-16(24)21-10-6-9-20-15(23)11-13-7-4-5-8-14(13)19/h4-5,7-8H,6,9-12H2,1-3H3,(H,20,23)(H,21,24)(H,22,25). The first-order chi connectivity index (χ1) is 12.2. The maximum Gasteiger partial charge on any atom is 0.408 e. The number of hydrogen-bond acceptors (Lipinski definition) is 4. The number of halogens is 1. The Morgan fingerprint density at radius 2 is 1.62 bits per heavy atom. The fourth-order valence-corrected chi connectivity index (χ4v) is 2.38. The Bertz CT molecular complexity index is 629. The first-order valence-corrected chi connectivity index (χ1v) is 9.20. The van der Waals surface area contributed by atoms with Crippen molar-refractivity contribution in [3.8, 4) is 0 Å². The zero-order valence-corrected chi connectivity index (χ0v) is 16.9. The van der Waals surface area contributed by atoms with Crippen LogP contribution in [0.3, 0.4) is 0 Å². The molecular formula is C18H26BrN3O4. The van der Waals surface area contributed by atoms with Gasteiger partial charge in [-0.2, -0.15) is 0 Å². The van der Waals surface area contributed by atoms with E-state index in [4.69, 9.17) is 4.74 Å². The molecule has 0 unspecified atom stereocenters. The van der Waals surface area contributed by atoms with Gasteiger partial charge in [0.2, 0.25) is 11.8 Å². The van der Waals surface area contributed by atoms with Gasteiger partial charge in [-0.25, -0.2) is 4.79 Å². The summed E-state index contributed by atoms with van der Waals surface area (Å²) in [7, 11) is 0. The molecule has 0 fully saturated rings.